The third-order valence-electron chi connectivity index (χ3n) is 2.54. The molecule has 0 aliphatic heterocycles. The second kappa shape index (κ2) is 6.57. The summed E-state index contributed by atoms with van der Waals surface area (Å²) in [5.41, 5.74) is -0.151. The van der Waals surface area contributed by atoms with Crippen molar-refractivity contribution in [2.45, 2.75) is 32.8 Å². The number of aliphatic hydroxyl groups is 1. The van der Waals surface area contributed by atoms with Crippen LogP contribution >= 0.6 is 0 Å². The third-order valence-corrected chi connectivity index (χ3v) is 2.54. The minimum absolute atomic E-state index is 0.512. The van der Waals surface area contributed by atoms with Gasteiger partial charge in [0.1, 0.15) is 11.4 Å². The normalized spacial score (nSPS) is 14.4. The summed E-state index contributed by atoms with van der Waals surface area (Å²) in [6.07, 6.45) is 4.38. The van der Waals surface area contributed by atoms with Gasteiger partial charge < -0.3 is 15.2 Å². The molecule has 1 aromatic heterocycles. The lowest BCUT2D eigenvalue weighted by Crippen LogP contribution is -2.35. The van der Waals surface area contributed by atoms with Crippen LogP contribution in [0.1, 0.15) is 32.8 Å². The van der Waals surface area contributed by atoms with Crippen molar-refractivity contribution >= 4 is 0 Å². The number of aromatic nitrogens is 1. The molecule has 1 heterocycles. The lowest BCUT2D eigenvalue weighted by atomic mass is 9.97. The molecule has 17 heavy (non-hydrogen) atoms. The van der Waals surface area contributed by atoms with Gasteiger partial charge in [0, 0.05) is 18.3 Å². The molecule has 1 atom stereocenters. The summed E-state index contributed by atoms with van der Waals surface area (Å²) in [6, 6.07) is 1.84. The highest BCUT2D eigenvalue weighted by Crippen LogP contribution is 2.22. The van der Waals surface area contributed by atoms with Gasteiger partial charge in [0.05, 0.1) is 12.8 Å². The van der Waals surface area contributed by atoms with Crippen molar-refractivity contribution in [3.63, 3.8) is 0 Å². The maximum Gasteiger partial charge on any atom is 0.137 e. The zero-order chi connectivity index (χ0) is 12.7. The van der Waals surface area contributed by atoms with Gasteiger partial charge in [-0.1, -0.05) is 6.92 Å². The van der Waals surface area contributed by atoms with Crippen LogP contribution in [-0.2, 0) is 5.60 Å². The Balaban J connectivity index is 2.71. The molecule has 1 aromatic rings. The Morgan fingerprint density at radius 2 is 2.18 bits per heavy atom. The van der Waals surface area contributed by atoms with E-state index in [-0.39, 0.29) is 0 Å². The van der Waals surface area contributed by atoms with Crippen LogP contribution < -0.4 is 10.1 Å². The molecule has 0 aromatic carbocycles. The summed E-state index contributed by atoms with van der Waals surface area (Å²) in [7, 11) is 0. The van der Waals surface area contributed by atoms with Gasteiger partial charge in [-0.3, -0.25) is 4.98 Å². The fourth-order valence-electron chi connectivity index (χ4n) is 1.57. The fraction of sp³-hybridized carbons (Fsp3) is 0.615. The summed E-state index contributed by atoms with van der Waals surface area (Å²) in [5.74, 6) is 0.695. The van der Waals surface area contributed by atoms with Crippen LogP contribution in [-0.4, -0.2) is 29.8 Å². The van der Waals surface area contributed by atoms with Gasteiger partial charge in [0.25, 0.3) is 0 Å². The maximum absolute atomic E-state index is 10.3. The zero-order valence-electron chi connectivity index (χ0n) is 10.9. The van der Waals surface area contributed by atoms with Crippen LogP contribution in [0.4, 0.5) is 0 Å². The Kier molecular flexibility index (Phi) is 5.38. The molecule has 0 radical (unpaired) electrons. The first-order chi connectivity index (χ1) is 8.10. The highest BCUT2D eigenvalue weighted by Gasteiger charge is 2.23. The molecule has 0 saturated heterocycles. The van der Waals surface area contributed by atoms with E-state index < -0.39 is 5.60 Å². The fourth-order valence-corrected chi connectivity index (χ4v) is 1.57. The van der Waals surface area contributed by atoms with Crippen LogP contribution in [0.2, 0.25) is 0 Å². The first kappa shape index (κ1) is 13.9. The predicted molar refractivity (Wildman–Crippen MR) is 68.1 cm³/mol. The molecule has 0 saturated carbocycles. The average molecular weight is 238 g/mol. The number of hydrogen-bond acceptors (Lipinski definition) is 4. The lowest BCUT2D eigenvalue weighted by Gasteiger charge is -2.24. The van der Waals surface area contributed by atoms with Crippen molar-refractivity contribution in [3.8, 4) is 5.75 Å². The molecule has 0 aliphatic carbocycles. The molecule has 0 aliphatic rings. The molecule has 0 spiro atoms. The summed E-state index contributed by atoms with van der Waals surface area (Å²) < 4.78 is 5.37. The monoisotopic (exact) mass is 238 g/mol. The van der Waals surface area contributed by atoms with E-state index in [1.807, 2.05) is 13.0 Å². The van der Waals surface area contributed by atoms with Gasteiger partial charge in [-0.05, 0) is 32.9 Å². The Morgan fingerprint density at radius 3 is 2.82 bits per heavy atom. The van der Waals surface area contributed by atoms with Gasteiger partial charge in [0.15, 0.2) is 0 Å². The van der Waals surface area contributed by atoms with E-state index >= 15 is 0 Å². The summed E-state index contributed by atoms with van der Waals surface area (Å²) >= 11 is 0. The zero-order valence-corrected chi connectivity index (χ0v) is 10.9. The van der Waals surface area contributed by atoms with E-state index in [1.165, 1.54) is 0 Å². The van der Waals surface area contributed by atoms with Crippen molar-refractivity contribution in [2.75, 3.05) is 19.7 Å². The summed E-state index contributed by atoms with van der Waals surface area (Å²) in [5, 5.41) is 13.6. The van der Waals surface area contributed by atoms with Crippen molar-refractivity contribution < 1.29 is 9.84 Å². The Labute approximate surface area is 103 Å². The standard InChI is InChI=1S/C13H22N2O2/c1-4-6-14-10-13(3,16)11-7-12(17-5-2)9-15-8-11/h7-9,14,16H,4-6,10H2,1-3H3. The molecular weight excluding hydrogens is 216 g/mol. The topological polar surface area (TPSA) is 54.4 Å². The summed E-state index contributed by atoms with van der Waals surface area (Å²) in [4.78, 5) is 4.08. The second-order valence-corrected chi connectivity index (χ2v) is 4.29. The van der Waals surface area contributed by atoms with E-state index in [0.29, 0.717) is 18.9 Å². The van der Waals surface area contributed by atoms with Gasteiger partial charge in [-0.25, -0.2) is 0 Å². The predicted octanol–water partition coefficient (Wildman–Crippen LogP) is 1.69. The first-order valence-corrected chi connectivity index (χ1v) is 6.11. The molecule has 1 rings (SSSR count). The minimum Gasteiger partial charge on any atom is -0.492 e. The summed E-state index contributed by atoms with van der Waals surface area (Å²) in [6.45, 7) is 7.81. The van der Waals surface area contributed by atoms with Crippen LogP contribution in [0, 0.1) is 0 Å². The molecule has 4 heteroatoms. The van der Waals surface area contributed by atoms with Crippen LogP contribution in [0.25, 0.3) is 0 Å². The number of pyridine rings is 1. The number of nitrogens with zero attached hydrogens (tertiary/aromatic N) is 1. The van der Waals surface area contributed by atoms with Crippen LogP contribution in [0.5, 0.6) is 5.75 Å². The third kappa shape index (κ3) is 4.32. The van der Waals surface area contributed by atoms with E-state index in [1.54, 1.807) is 19.3 Å². The number of nitrogens with one attached hydrogen (secondary N) is 1. The molecular formula is C13H22N2O2. The van der Waals surface area contributed by atoms with Crippen molar-refractivity contribution in [1.29, 1.82) is 0 Å². The van der Waals surface area contributed by atoms with Crippen LogP contribution in [0.3, 0.4) is 0 Å². The highest BCUT2D eigenvalue weighted by atomic mass is 16.5. The van der Waals surface area contributed by atoms with Crippen LogP contribution in [0.15, 0.2) is 18.5 Å². The largest absolute Gasteiger partial charge is 0.492 e. The Morgan fingerprint density at radius 1 is 1.41 bits per heavy atom. The Hall–Kier alpha value is -1.13. The minimum atomic E-state index is -0.921. The van der Waals surface area contributed by atoms with E-state index in [9.17, 15) is 5.11 Å². The van der Waals surface area contributed by atoms with E-state index in [0.717, 1.165) is 18.5 Å². The van der Waals surface area contributed by atoms with Crippen molar-refractivity contribution in [1.82, 2.24) is 10.3 Å². The molecule has 0 fully saturated rings. The molecule has 96 valence electrons. The average Bonchev–Trinajstić information content (AvgIpc) is 2.30. The first-order valence-electron chi connectivity index (χ1n) is 6.11. The van der Waals surface area contributed by atoms with Gasteiger partial charge in [-0.2, -0.15) is 0 Å². The molecule has 2 N–H and O–H groups in total. The van der Waals surface area contributed by atoms with Crippen molar-refractivity contribution in [3.05, 3.63) is 24.0 Å². The van der Waals surface area contributed by atoms with E-state index in [4.69, 9.17) is 4.74 Å². The smallest absolute Gasteiger partial charge is 0.137 e. The molecule has 0 amide bonds. The SMILES string of the molecule is CCCNCC(C)(O)c1cncc(OCC)c1. The van der Waals surface area contributed by atoms with Gasteiger partial charge in [-0.15, -0.1) is 0 Å². The quantitative estimate of drug-likeness (QED) is 0.710. The van der Waals surface area contributed by atoms with Gasteiger partial charge in [0.2, 0.25) is 0 Å². The number of hydrogen-bond donors (Lipinski definition) is 2. The van der Waals surface area contributed by atoms with E-state index in [2.05, 4.69) is 17.2 Å². The maximum atomic E-state index is 10.3. The molecule has 1 unspecified atom stereocenters. The van der Waals surface area contributed by atoms with Crippen molar-refractivity contribution in [2.24, 2.45) is 0 Å². The number of rotatable bonds is 7. The van der Waals surface area contributed by atoms with Gasteiger partial charge >= 0.3 is 0 Å². The Bertz CT molecular complexity index is 340. The molecule has 0 bridgehead atoms. The molecule has 4 nitrogen and oxygen atoms in total. The number of ether oxygens (including phenoxy) is 1. The lowest BCUT2D eigenvalue weighted by molar-refractivity contribution is 0.0565. The second-order valence-electron chi connectivity index (χ2n) is 4.29. The highest BCUT2D eigenvalue weighted by molar-refractivity contribution is 5.27.